The topological polar surface area (TPSA) is 26.0 Å². The van der Waals surface area contributed by atoms with Crippen LogP contribution in [0.2, 0.25) is 0 Å². The van der Waals surface area contributed by atoms with E-state index in [1.165, 1.54) is 5.56 Å². The zero-order valence-corrected chi connectivity index (χ0v) is 7.17. The third-order valence-corrected chi connectivity index (χ3v) is 1.79. The van der Waals surface area contributed by atoms with Gasteiger partial charge in [-0.1, -0.05) is 0 Å². The summed E-state index contributed by atoms with van der Waals surface area (Å²) in [6.07, 6.45) is 0.964. The zero-order valence-electron chi connectivity index (χ0n) is 5.62. The third-order valence-electron chi connectivity index (χ3n) is 1.30. The molecule has 0 aromatic heterocycles. The summed E-state index contributed by atoms with van der Waals surface area (Å²) in [5, 5.41) is 0. The van der Waals surface area contributed by atoms with Gasteiger partial charge in [-0.25, -0.2) is 0 Å². The third kappa shape index (κ3) is 2.23. The van der Waals surface area contributed by atoms with Crippen LogP contribution in [-0.4, -0.2) is 6.54 Å². The van der Waals surface area contributed by atoms with Crippen LogP contribution in [0.3, 0.4) is 0 Å². The van der Waals surface area contributed by atoms with Crippen LogP contribution >= 0.6 is 0 Å². The van der Waals surface area contributed by atoms with E-state index in [2.05, 4.69) is 31.3 Å². The SMILES string of the molecule is NCCc1ccc[c]([Pd+])c1. The summed E-state index contributed by atoms with van der Waals surface area (Å²) >= 11 is 3.13. The molecule has 0 heterocycles. The van der Waals surface area contributed by atoms with Crippen LogP contribution in [-0.2, 0) is 25.6 Å². The Bertz CT molecular complexity index is 210. The number of benzene rings is 1. The van der Waals surface area contributed by atoms with Gasteiger partial charge in [0.1, 0.15) is 0 Å². The molecule has 0 saturated carbocycles. The molecule has 0 aliphatic heterocycles. The van der Waals surface area contributed by atoms with E-state index in [0.29, 0.717) is 0 Å². The monoisotopic (exact) mass is 226 g/mol. The molecule has 0 unspecified atom stereocenters. The average molecular weight is 227 g/mol. The fourth-order valence-corrected chi connectivity index (χ4v) is 1.28. The van der Waals surface area contributed by atoms with Gasteiger partial charge in [0, 0.05) is 0 Å². The second kappa shape index (κ2) is 3.88. The summed E-state index contributed by atoms with van der Waals surface area (Å²) in [4.78, 5) is 0. The molecule has 0 amide bonds. The molecular formula is C8H10NPd+. The Kier molecular flexibility index (Phi) is 3.08. The van der Waals surface area contributed by atoms with Gasteiger partial charge in [0.15, 0.2) is 0 Å². The van der Waals surface area contributed by atoms with Crippen LogP contribution in [0.15, 0.2) is 24.3 Å². The Morgan fingerprint density at radius 1 is 1.40 bits per heavy atom. The van der Waals surface area contributed by atoms with Crippen molar-refractivity contribution in [2.75, 3.05) is 6.54 Å². The van der Waals surface area contributed by atoms with E-state index in [4.69, 9.17) is 5.73 Å². The Labute approximate surface area is 72.0 Å². The van der Waals surface area contributed by atoms with Crippen molar-refractivity contribution in [1.29, 1.82) is 0 Å². The second-order valence-electron chi connectivity index (χ2n) is 2.13. The summed E-state index contributed by atoms with van der Waals surface area (Å²) in [6.45, 7) is 0.723. The molecule has 0 fully saturated rings. The molecule has 1 nitrogen and oxygen atoms in total. The van der Waals surface area contributed by atoms with Crippen molar-refractivity contribution in [3.63, 3.8) is 0 Å². The van der Waals surface area contributed by atoms with Crippen molar-refractivity contribution in [3.8, 4) is 0 Å². The van der Waals surface area contributed by atoms with E-state index >= 15 is 0 Å². The number of hydrogen-bond acceptors (Lipinski definition) is 1. The molecule has 0 aliphatic rings. The molecule has 10 heavy (non-hydrogen) atoms. The molecule has 1 rings (SSSR count). The molecule has 2 heteroatoms. The molecule has 2 N–H and O–H groups in total. The van der Waals surface area contributed by atoms with Crippen molar-refractivity contribution in [3.05, 3.63) is 29.8 Å². The van der Waals surface area contributed by atoms with Gasteiger partial charge in [0.2, 0.25) is 0 Å². The molecular weight excluding hydrogens is 217 g/mol. The Morgan fingerprint density at radius 3 is 2.80 bits per heavy atom. The van der Waals surface area contributed by atoms with Gasteiger partial charge >= 0.3 is 71.8 Å². The maximum absolute atomic E-state index is 5.40. The number of nitrogens with two attached hydrogens (primary N) is 1. The van der Waals surface area contributed by atoms with Crippen LogP contribution < -0.4 is 9.77 Å². The van der Waals surface area contributed by atoms with E-state index in [1.807, 2.05) is 12.1 Å². The predicted octanol–water partition coefficient (Wildman–Crippen LogP) is 0.360. The predicted molar refractivity (Wildman–Crippen MR) is 38.8 cm³/mol. The summed E-state index contributed by atoms with van der Waals surface area (Å²) in [5.41, 5.74) is 6.70. The van der Waals surface area contributed by atoms with Crippen molar-refractivity contribution >= 4 is 4.04 Å². The second-order valence-corrected chi connectivity index (χ2v) is 3.03. The molecule has 0 atom stereocenters. The van der Waals surface area contributed by atoms with Gasteiger partial charge in [-0.05, 0) is 0 Å². The van der Waals surface area contributed by atoms with Crippen LogP contribution in [0.5, 0.6) is 0 Å². The molecule has 0 saturated heterocycles. The first-order chi connectivity index (χ1) is 4.83. The summed E-state index contributed by atoms with van der Waals surface area (Å²) < 4.78 is 1.16. The molecule has 0 spiro atoms. The van der Waals surface area contributed by atoms with Crippen molar-refractivity contribution in [1.82, 2.24) is 0 Å². The molecule has 56 valence electrons. The van der Waals surface area contributed by atoms with E-state index in [9.17, 15) is 0 Å². The summed E-state index contributed by atoms with van der Waals surface area (Å²) in [5.74, 6) is 0. The zero-order chi connectivity index (χ0) is 7.40. The van der Waals surface area contributed by atoms with Gasteiger partial charge in [-0.2, -0.15) is 0 Å². The first-order valence-corrected chi connectivity index (χ1v) is 4.02. The molecule has 0 aliphatic carbocycles. The Hall–Kier alpha value is -0.158. The minimum absolute atomic E-state index is 0.723. The average Bonchev–Trinajstić information content (AvgIpc) is 1.88. The normalized spacial score (nSPS) is 9.90. The van der Waals surface area contributed by atoms with Crippen LogP contribution in [0, 0.1) is 0 Å². The quantitative estimate of drug-likeness (QED) is 0.724. The number of rotatable bonds is 2. The minimum atomic E-state index is 0.723. The van der Waals surface area contributed by atoms with Crippen LogP contribution in [0.25, 0.3) is 0 Å². The van der Waals surface area contributed by atoms with E-state index in [0.717, 1.165) is 17.0 Å². The fraction of sp³-hybridized carbons (Fsp3) is 0.250. The number of hydrogen-bond donors (Lipinski definition) is 1. The standard InChI is InChI=1S/C8H10N.Pd/c9-7-6-8-4-2-1-3-5-8;/h1-2,4-5H,6-7,9H2;/q;+1. The Balaban J connectivity index is 2.75. The summed E-state index contributed by atoms with van der Waals surface area (Å²) in [6, 6.07) is 8.26. The van der Waals surface area contributed by atoms with Crippen molar-refractivity contribution in [2.24, 2.45) is 5.73 Å². The van der Waals surface area contributed by atoms with Gasteiger partial charge in [0.05, 0.1) is 0 Å². The van der Waals surface area contributed by atoms with E-state index in [-0.39, 0.29) is 0 Å². The van der Waals surface area contributed by atoms with Crippen LogP contribution in [0.4, 0.5) is 0 Å². The van der Waals surface area contributed by atoms with Gasteiger partial charge in [0.25, 0.3) is 0 Å². The maximum atomic E-state index is 5.40. The van der Waals surface area contributed by atoms with Gasteiger partial charge < -0.3 is 0 Å². The Morgan fingerprint density at radius 2 is 2.20 bits per heavy atom. The van der Waals surface area contributed by atoms with E-state index in [1.54, 1.807) is 0 Å². The molecule has 0 bridgehead atoms. The van der Waals surface area contributed by atoms with Gasteiger partial charge in [-0.15, -0.1) is 0 Å². The van der Waals surface area contributed by atoms with Crippen molar-refractivity contribution in [2.45, 2.75) is 6.42 Å². The molecule has 1 aromatic rings. The van der Waals surface area contributed by atoms with Crippen LogP contribution in [0.1, 0.15) is 5.56 Å². The van der Waals surface area contributed by atoms with Crippen molar-refractivity contribution < 1.29 is 19.2 Å². The molecule has 1 aromatic carbocycles. The molecule has 0 radical (unpaired) electrons. The first-order valence-electron chi connectivity index (χ1n) is 3.24. The fourth-order valence-electron chi connectivity index (χ4n) is 0.842. The van der Waals surface area contributed by atoms with E-state index < -0.39 is 0 Å². The van der Waals surface area contributed by atoms with Gasteiger partial charge in [-0.3, -0.25) is 0 Å². The first kappa shape index (κ1) is 7.94. The summed E-state index contributed by atoms with van der Waals surface area (Å²) in [7, 11) is 0.